The molecule has 2 aromatic heterocycles. The van der Waals surface area contributed by atoms with E-state index in [0.717, 1.165) is 36.3 Å². The fourth-order valence-electron chi connectivity index (χ4n) is 3.54. The van der Waals surface area contributed by atoms with E-state index in [-0.39, 0.29) is 5.91 Å². The summed E-state index contributed by atoms with van der Waals surface area (Å²) in [5, 5.41) is 4.53. The highest BCUT2D eigenvalue weighted by Gasteiger charge is 2.23. The van der Waals surface area contributed by atoms with Crippen molar-refractivity contribution < 1.29 is 4.79 Å². The normalized spacial score (nSPS) is 13.9. The van der Waals surface area contributed by atoms with Gasteiger partial charge in [0.15, 0.2) is 5.65 Å². The first kappa shape index (κ1) is 15.8. The minimum atomic E-state index is 0.212. The van der Waals surface area contributed by atoms with Gasteiger partial charge in [-0.2, -0.15) is 5.10 Å². The van der Waals surface area contributed by atoms with E-state index in [1.165, 1.54) is 16.8 Å². The second kappa shape index (κ2) is 6.31. The molecule has 0 atom stereocenters. The van der Waals surface area contributed by atoms with Crippen LogP contribution in [0.4, 0.5) is 0 Å². The number of aryl methyl sites for hydroxylation is 3. The molecular formula is C20H22N4O. The van der Waals surface area contributed by atoms with Crippen molar-refractivity contribution in [2.45, 2.75) is 39.7 Å². The third-order valence-corrected chi connectivity index (χ3v) is 4.83. The Bertz CT molecular complexity index is 944. The van der Waals surface area contributed by atoms with E-state index in [4.69, 9.17) is 0 Å². The van der Waals surface area contributed by atoms with Gasteiger partial charge in [-0.25, -0.2) is 9.50 Å². The van der Waals surface area contributed by atoms with Crippen molar-refractivity contribution >= 4 is 11.6 Å². The zero-order valence-corrected chi connectivity index (χ0v) is 14.7. The van der Waals surface area contributed by atoms with Crippen LogP contribution in [0.1, 0.15) is 34.5 Å². The molecule has 1 amide bonds. The first-order valence-corrected chi connectivity index (χ1v) is 8.76. The van der Waals surface area contributed by atoms with E-state index in [0.29, 0.717) is 13.0 Å². The van der Waals surface area contributed by atoms with Gasteiger partial charge in [-0.15, -0.1) is 0 Å². The Morgan fingerprint density at radius 1 is 1.24 bits per heavy atom. The van der Waals surface area contributed by atoms with Gasteiger partial charge in [0.1, 0.15) is 0 Å². The van der Waals surface area contributed by atoms with Crippen LogP contribution in [-0.4, -0.2) is 31.9 Å². The molecule has 3 aromatic rings. The van der Waals surface area contributed by atoms with Gasteiger partial charge in [-0.3, -0.25) is 4.79 Å². The SMILES string of the molecule is Cc1cccc(CCC(=O)N2CCc3c(cnc4cc(C)nn34)C2)c1. The monoisotopic (exact) mass is 334 g/mol. The number of carbonyl (C=O) groups excluding carboxylic acids is 1. The van der Waals surface area contributed by atoms with Gasteiger partial charge in [0.05, 0.1) is 11.4 Å². The summed E-state index contributed by atoms with van der Waals surface area (Å²) in [6, 6.07) is 10.4. The van der Waals surface area contributed by atoms with Gasteiger partial charge in [-0.05, 0) is 25.8 Å². The molecule has 0 saturated carbocycles. The number of fused-ring (bicyclic) bond motifs is 3. The molecule has 25 heavy (non-hydrogen) atoms. The molecule has 1 aliphatic heterocycles. The Labute approximate surface area is 147 Å². The molecule has 1 aromatic carbocycles. The minimum absolute atomic E-state index is 0.212. The smallest absolute Gasteiger partial charge is 0.223 e. The van der Waals surface area contributed by atoms with Crippen LogP contribution < -0.4 is 0 Å². The van der Waals surface area contributed by atoms with Crippen molar-refractivity contribution in [3.63, 3.8) is 0 Å². The summed E-state index contributed by atoms with van der Waals surface area (Å²) < 4.78 is 1.93. The topological polar surface area (TPSA) is 50.5 Å². The number of carbonyl (C=O) groups is 1. The first-order valence-electron chi connectivity index (χ1n) is 8.76. The predicted octanol–water partition coefficient (Wildman–Crippen LogP) is 2.86. The first-order chi connectivity index (χ1) is 12.1. The highest BCUT2D eigenvalue weighted by atomic mass is 16.2. The number of benzene rings is 1. The van der Waals surface area contributed by atoms with Crippen molar-refractivity contribution in [3.8, 4) is 0 Å². The number of aromatic nitrogens is 3. The van der Waals surface area contributed by atoms with Crippen LogP contribution in [0.15, 0.2) is 36.5 Å². The van der Waals surface area contributed by atoms with Crippen molar-refractivity contribution in [1.29, 1.82) is 0 Å². The molecule has 0 fully saturated rings. The number of nitrogens with zero attached hydrogens (tertiary/aromatic N) is 4. The van der Waals surface area contributed by atoms with Crippen LogP contribution in [0, 0.1) is 13.8 Å². The molecule has 4 rings (SSSR count). The average molecular weight is 334 g/mol. The molecule has 3 heterocycles. The van der Waals surface area contributed by atoms with Crippen molar-refractivity contribution in [1.82, 2.24) is 19.5 Å². The summed E-state index contributed by atoms with van der Waals surface area (Å²) >= 11 is 0. The summed E-state index contributed by atoms with van der Waals surface area (Å²) in [6.07, 6.45) is 4.06. The fraction of sp³-hybridized carbons (Fsp3) is 0.350. The summed E-state index contributed by atoms with van der Waals surface area (Å²) in [6.45, 7) is 5.43. The highest BCUT2D eigenvalue weighted by Crippen LogP contribution is 2.20. The van der Waals surface area contributed by atoms with E-state index >= 15 is 0 Å². The third-order valence-electron chi connectivity index (χ3n) is 4.83. The quantitative estimate of drug-likeness (QED) is 0.740. The fourth-order valence-corrected chi connectivity index (χ4v) is 3.54. The number of rotatable bonds is 3. The van der Waals surface area contributed by atoms with Crippen LogP contribution in [0.5, 0.6) is 0 Å². The van der Waals surface area contributed by atoms with E-state index in [9.17, 15) is 4.79 Å². The van der Waals surface area contributed by atoms with Gasteiger partial charge in [0.2, 0.25) is 5.91 Å². The van der Waals surface area contributed by atoms with Gasteiger partial charge in [-0.1, -0.05) is 29.8 Å². The van der Waals surface area contributed by atoms with Crippen molar-refractivity contribution in [2.24, 2.45) is 0 Å². The molecular weight excluding hydrogens is 312 g/mol. The number of hydrogen-bond donors (Lipinski definition) is 0. The maximum absolute atomic E-state index is 12.6. The predicted molar refractivity (Wildman–Crippen MR) is 96.3 cm³/mol. The molecule has 0 saturated heterocycles. The van der Waals surface area contributed by atoms with E-state index < -0.39 is 0 Å². The number of amides is 1. The van der Waals surface area contributed by atoms with Crippen LogP contribution >= 0.6 is 0 Å². The highest BCUT2D eigenvalue weighted by molar-refractivity contribution is 5.76. The lowest BCUT2D eigenvalue weighted by atomic mass is 10.0. The third kappa shape index (κ3) is 3.14. The second-order valence-corrected chi connectivity index (χ2v) is 6.84. The standard InChI is InChI=1S/C20H22N4O/c1-14-4-3-5-16(10-14)6-7-20(25)23-9-8-18-17(13-23)12-21-19-11-15(2)22-24(18)19/h3-5,10-12H,6-9,13H2,1-2H3. The van der Waals surface area contributed by atoms with Crippen LogP contribution in [-0.2, 0) is 24.2 Å². The van der Waals surface area contributed by atoms with Crippen molar-refractivity contribution in [3.05, 3.63) is 64.6 Å². The molecule has 1 aliphatic rings. The van der Waals surface area contributed by atoms with Gasteiger partial charge < -0.3 is 4.90 Å². The number of hydrogen-bond acceptors (Lipinski definition) is 3. The molecule has 5 nitrogen and oxygen atoms in total. The van der Waals surface area contributed by atoms with E-state index in [2.05, 4.69) is 41.3 Å². The van der Waals surface area contributed by atoms with E-state index in [1.807, 2.05) is 28.6 Å². The Balaban J connectivity index is 1.46. The molecule has 0 spiro atoms. The Morgan fingerprint density at radius 2 is 2.12 bits per heavy atom. The second-order valence-electron chi connectivity index (χ2n) is 6.84. The summed E-state index contributed by atoms with van der Waals surface area (Å²) in [5.41, 5.74) is 6.60. The van der Waals surface area contributed by atoms with E-state index in [1.54, 1.807) is 0 Å². The Kier molecular flexibility index (Phi) is 3.99. The lowest BCUT2D eigenvalue weighted by molar-refractivity contribution is -0.132. The average Bonchev–Trinajstić information content (AvgIpc) is 3.00. The molecule has 0 aliphatic carbocycles. The summed E-state index contributed by atoms with van der Waals surface area (Å²) in [5.74, 6) is 0.212. The van der Waals surface area contributed by atoms with Gasteiger partial charge in [0, 0.05) is 43.8 Å². The molecule has 5 heteroatoms. The Morgan fingerprint density at radius 3 is 2.96 bits per heavy atom. The molecule has 0 radical (unpaired) electrons. The van der Waals surface area contributed by atoms with Crippen LogP contribution in [0.2, 0.25) is 0 Å². The van der Waals surface area contributed by atoms with Crippen LogP contribution in [0.3, 0.4) is 0 Å². The van der Waals surface area contributed by atoms with Crippen molar-refractivity contribution in [2.75, 3.05) is 6.54 Å². The minimum Gasteiger partial charge on any atom is -0.338 e. The maximum atomic E-state index is 12.6. The lowest BCUT2D eigenvalue weighted by Crippen LogP contribution is -2.37. The van der Waals surface area contributed by atoms with Gasteiger partial charge >= 0.3 is 0 Å². The van der Waals surface area contributed by atoms with Gasteiger partial charge in [0.25, 0.3) is 0 Å². The Hall–Kier alpha value is -2.69. The molecule has 128 valence electrons. The molecule has 0 bridgehead atoms. The molecule has 0 unspecified atom stereocenters. The summed E-state index contributed by atoms with van der Waals surface area (Å²) in [7, 11) is 0. The zero-order chi connectivity index (χ0) is 17.4. The largest absolute Gasteiger partial charge is 0.338 e. The summed E-state index contributed by atoms with van der Waals surface area (Å²) in [4.78, 5) is 19.0. The van der Waals surface area contributed by atoms with Crippen LogP contribution in [0.25, 0.3) is 5.65 Å². The lowest BCUT2D eigenvalue weighted by Gasteiger charge is -2.28. The zero-order valence-electron chi connectivity index (χ0n) is 14.7. The maximum Gasteiger partial charge on any atom is 0.223 e. The molecule has 0 N–H and O–H groups in total.